The summed E-state index contributed by atoms with van der Waals surface area (Å²) in [6.07, 6.45) is 1.06. The van der Waals surface area contributed by atoms with Gasteiger partial charge in [-0.25, -0.2) is 0 Å². The molecule has 170 valence electrons. The van der Waals surface area contributed by atoms with Crippen LogP contribution >= 0.6 is 35.6 Å². The molecule has 9 heteroatoms. The van der Waals surface area contributed by atoms with Crippen LogP contribution in [0.2, 0.25) is 5.02 Å². The highest BCUT2D eigenvalue weighted by molar-refractivity contribution is 14.0. The molecule has 0 saturated carbocycles. The normalized spacial score (nSPS) is 18.9. The van der Waals surface area contributed by atoms with Crippen molar-refractivity contribution in [2.45, 2.75) is 38.5 Å². The zero-order chi connectivity index (χ0) is 21.6. The molecule has 0 spiro atoms. The van der Waals surface area contributed by atoms with Gasteiger partial charge in [-0.3, -0.25) is 9.89 Å². The largest absolute Gasteiger partial charge is 0.352 e. The number of nitrogens with one attached hydrogen (secondary N) is 2. The van der Waals surface area contributed by atoms with E-state index in [2.05, 4.69) is 67.9 Å². The van der Waals surface area contributed by atoms with E-state index < -0.39 is 0 Å². The number of aliphatic imine (C=N–C) groups is 1. The topological polar surface area (TPSA) is 78.6 Å². The Morgan fingerprint density at radius 2 is 1.94 bits per heavy atom. The van der Waals surface area contributed by atoms with Crippen molar-refractivity contribution in [2.75, 3.05) is 13.6 Å². The molecule has 1 aromatic heterocycles. The van der Waals surface area contributed by atoms with Gasteiger partial charge < -0.3 is 15.2 Å². The lowest BCUT2D eigenvalue weighted by molar-refractivity contribution is 0.258. The van der Waals surface area contributed by atoms with E-state index >= 15 is 0 Å². The van der Waals surface area contributed by atoms with E-state index in [4.69, 9.17) is 16.1 Å². The van der Waals surface area contributed by atoms with Gasteiger partial charge in [0.15, 0.2) is 5.96 Å². The maximum atomic E-state index is 5.94. The molecule has 2 aromatic carbocycles. The Labute approximate surface area is 210 Å². The highest BCUT2D eigenvalue weighted by Gasteiger charge is 2.29. The highest BCUT2D eigenvalue weighted by atomic mass is 127. The van der Waals surface area contributed by atoms with Crippen molar-refractivity contribution in [3.8, 4) is 11.4 Å². The summed E-state index contributed by atoms with van der Waals surface area (Å²) in [6.45, 7) is 4.60. The van der Waals surface area contributed by atoms with Crippen molar-refractivity contribution in [1.82, 2.24) is 25.7 Å². The first-order chi connectivity index (χ1) is 15.1. The number of guanidine groups is 1. The molecule has 2 atom stereocenters. The van der Waals surface area contributed by atoms with Crippen LogP contribution < -0.4 is 10.6 Å². The van der Waals surface area contributed by atoms with Crippen molar-refractivity contribution in [2.24, 2.45) is 4.99 Å². The second-order valence-electron chi connectivity index (χ2n) is 7.79. The van der Waals surface area contributed by atoms with Crippen LogP contribution in [-0.4, -0.2) is 46.7 Å². The van der Waals surface area contributed by atoms with Crippen LogP contribution in [0.5, 0.6) is 0 Å². The summed E-state index contributed by atoms with van der Waals surface area (Å²) >= 11 is 5.94. The maximum absolute atomic E-state index is 5.94. The Morgan fingerprint density at radius 3 is 2.66 bits per heavy atom. The van der Waals surface area contributed by atoms with Crippen molar-refractivity contribution < 1.29 is 4.52 Å². The monoisotopic (exact) mass is 566 g/mol. The molecule has 4 rings (SSSR count). The van der Waals surface area contributed by atoms with Crippen LogP contribution in [0.3, 0.4) is 0 Å². The van der Waals surface area contributed by atoms with E-state index in [1.165, 1.54) is 5.56 Å². The predicted molar refractivity (Wildman–Crippen MR) is 138 cm³/mol. The average molecular weight is 567 g/mol. The molecule has 1 aliphatic heterocycles. The second-order valence-corrected chi connectivity index (χ2v) is 8.22. The lowest BCUT2D eigenvalue weighted by Gasteiger charge is -2.21. The van der Waals surface area contributed by atoms with Gasteiger partial charge in [0, 0.05) is 42.8 Å². The van der Waals surface area contributed by atoms with Crippen LogP contribution in [-0.2, 0) is 13.1 Å². The van der Waals surface area contributed by atoms with Gasteiger partial charge in [-0.1, -0.05) is 47.1 Å². The van der Waals surface area contributed by atoms with Crippen LogP contribution in [0.15, 0.2) is 64.1 Å². The van der Waals surface area contributed by atoms with Crippen molar-refractivity contribution in [3.05, 3.63) is 71.1 Å². The van der Waals surface area contributed by atoms with Gasteiger partial charge in [0.05, 0.1) is 6.54 Å². The highest BCUT2D eigenvalue weighted by Crippen LogP contribution is 2.21. The minimum Gasteiger partial charge on any atom is -0.352 e. The third kappa shape index (κ3) is 6.43. The van der Waals surface area contributed by atoms with Gasteiger partial charge in [0.1, 0.15) is 0 Å². The summed E-state index contributed by atoms with van der Waals surface area (Å²) in [7, 11) is 1.77. The molecule has 1 fully saturated rings. The molecule has 7 nitrogen and oxygen atoms in total. The predicted octanol–water partition coefficient (Wildman–Crippen LogP) is 4.34. The summed E-state index contributed by atoms with van der Waals surface area (Å²) < 4.78 is 5.37. The minimum atomic E-state index is 0. The Morgan fingerprint density at radius 1 is 1.19 bits per heavy atom. The SMILES string of the molecule is CN=C(NCc1nc(-c2ccc(Cl)cc2)no1)NC1CC(C)N(Cc2ccccc2)C1.I. The van der Waals surface area contributed by atoms with Gasteiger partial charge in [-0.15, -0.1) is 24.0 Å². The zero-order valence-corrected chi connectivity index (χ0v) is 21.2. The number of halogens is 2. The van der Waals surface area contributed by atoms with Gasteiger partial charge >= 0.3 is 0 Å². The van der Waals surface area contributed by atoms with Crippen molar-refractivity contribution >= 4 is 41.5 Å². The summed E-state index contributed by atoms with van der Waals surface area (Å²) in [5.41, 5.74) is 2.20. The molecule has 3 aromatic rings. The fourth-order valence-electron chi connectivity index (χ4n) is 3.83. The fourth-order valence-corrected chi connectivity index (χ4v) is 3.96. The van der Waals surface area contributed by atoms with Crippen molar-refractivity contribution in [3.63, 3.8) is 0 Å². The molecule has 0 amide bonds. The first-order valence-corrected chi connectivity index (χ1v) is 10.8. The van der Waals surface area contributed by atoms with Crippen molar-refractivity contribution in [1.29, 1.82) is 0 Å². The smallest absolute Gasteiger partial charge is 0.246 e. The first kappa shape index (κ1) is 24.5. The van der Waals surface area contributed by atoms with Gasteiger partial charge in [-0.2, -0.15) is 4.98 Å². The van der Waals surface area contributed by atoms with E-state index in [0.717, 1.165) is 31.0 Å². The van der Waals surface area contributed by atoms with Gasteiger partial charge in [-0.05, 0) is 43.2 Å². The molecule has 2 heterocycles. The standard InChI is InChI=1S/C23H27ClN6O.HI/c1-16-12-20(15-30(16)14-17-6-4-3-5-7-17)27-23(25-2)26-13-21-28-22(29-31-21)18-8-10-19(24)11-9-18;/h3-11,16,20H,12-15H2,1-2H3,(H2,25,26,27);1H. The van der Waals surface area contributed by atoms with Crippen LogP contribution in [0.25, 0.3) is 11.4 Å². The lowest BCUT2D eigenvalue weighted by atomic mass is 10.2. The summed E-state index contributed by atoms with van der Waals surface area (Å²) in [5, 5.41) is 11.5. The summed E-state index contributed by atoms with van der Waals surface area (Å²) in [4.78, 5) is 11.3. The maximum Gasteiger partial charge on any atom is 0.246 e. The van der Waals surface area contributed by atoms with Gasteiger partial charge in [0.25, 0.3) is 0 Å². The van der Waals surface area contributed by atoms with E-state index in [-0.39, 0.29) is 24.0 Å². The molecule has 2 N–H and O–H groups in total. The first-order valence-electron chi connectivity index (χ1n) is 10.4. The number of likely N-dealkylation sites (tertiary alicyclic amines) is 1. The van der Waals surface area contributed by atoms with E-state index in [1.807, 2.05) is 12.1 Å². The molecule has 0 radical (unpaired) electrons. The Bertz CT molecular complexity index is 1010. The van der Waals surface area contributed by atoms with Crippen LogP contribution in [0.1, 0.15) is 24.8 Å². The van der Waals surface area contributed by atoms with E-state index in [1.54, 1.807) is 19.2 Å². The quantitative estimate of drug-likeness (QED) is 0.263. The van der Waals surface area contributed by atoms with Crippen LogP contribution in [0.4, 0.5) is 0 Å². The third-order valence-corrected chi connectivity index (χ3v) is 5.73. The molecule has 32 heavy (non-hydrogen) atoms. The third-order valence-electron chi connectivity index (χ3n) is 5.47. The number of hydrogen-bond acceptors (Lipinski definition) is 5. The van der Waals surface area contributed by atoms with E-state index in [0.29, 0.717) is 35.4 Å². The molecule has 2 unspecified atom stereocenters. The number of benzene rings is 2. The van der Waals surface area contributed by atoms with Gasteiger partial charge in [0.2, 0.25) is 11.7 Å². The summed E-state index contributed by atoms with van der Waals surface area (Å²) in [6, 6.07) is 18.8. The number of hydrogen-bond donors (Lipinski definition) is 2. The van der Waals surface area contributed by atoms with Crippen LogP contribution in [0, 0.1) is 0 Å². The molecule has 1 aliphatic rings. The van der Waals surface area contributed by atoms with E-state index in [9.17, 15) is 0 Å². The number of aromatic nitrogens is 2. The molecule has 1 saturated heterocycles. The number of rotatable bonds is 6. The Balaban J connectivity index is 0.00000289. The Hall–Kier alpha value is -2.17. The zero-order valence-electron chi connectivity index (χ0n) is 18.2. The minimum absolute atomic E-state index is 0. The molecular formula is C23H28ClIN6O. The fraction of sp³-hybridized carbons (Fsp3) is 0.348. The molecule has 0 aliphatic carbocycles. The Kier molecular flexibility index (Phi) is 8.89. The lowest BCUT2D eigenvalue weighted by Crippen LogP contribution is -2.44. The second kappa shape index (κ2) is 11.6. The summed E-state index contributed by atoms with van der Waals surface area (Å²) in [5.74, 6) is 1.76. The molecule has 0 bridgehead atoms. The molecular weight excluding hydrogens is 539 g/mol. The number of nitrogens with zero attached hydrogens (tertiary/aromatic N) is 4. The average Bonchev–Trinajstić information content (AvgIpc) is 3.39.